The van der Waals surface area contributed by atoms with Gasteiger partial charge in [-0.2, -0.15) is 13.2 Å². The molecule has 0 aliphatic rings. The Kier molecular flexibility index (Phi) is 7.30. The molecule has 0 aliphatic heterocycles. The van der Waals surface area contributed by atoms with Crippen molar-refractivity contribution in [3.05, 3.63) is 0 Å². The van der Waals surface area contributed by atoms with Crippen molar-refractivity contribution in [1.29, 1.82) is 0 Å². The van der Waals surface area contributed by atoms with Crippen LogP contribution in [-0.4, -0.2) is 49.8 Å². The van der Waals surface area contributed by atoms with E-state index >= 15 is 0 Å². The van der Waals surface area contributed by atoms with E-state index in [1.807, 2.05) is 0 Å². The molecule has 0 rings (SSSR count). The van der Waals surface area contributed by atoms with Gasteiger partial charge in [-0.05, 0) is 13.3 Å². The van der Waals surface area contributed by atoms with Crippen LogP contribution in [0.5, 0.6) is 0 Å². The van der Waals surface area contributed by atoms with Crippen LogP contribution >= 0.6 is 11.6 Å². The molecule has 15 heavy (non-hydrogen) atoms. The lowest BCUT2D eigenvalue weighted by Gasteiger charge is -2.29. The minimum Gasteiger partial charge on any atom is -0.385 e. The molecule has 2 nitrogen and oxygen atoms in total. The van der Waals surface area contributed by atoms with Crippen molar-refractivity contribution < 1.29 is 17.9 Å². The minimum absolute atomic E-state index is 0.176. The molecule has 0 aromatic rings. The van der Waals surface area contributed by atoms with Crippen LogP contribution in [0.1, 0.15) is 13.3 Å². The van der Waals surface area contributed by atoms with E-state index in [-0.39, 0.29) is 18.5 Å². The van der Waals surface area contributed by atoms with E-state index < -0.39 is 12.7 Å². The van der Waals surface area contributed by atoms with Gasteiger partial charge < -0.3 is 4.74 Å². The maximum absolute atomic E-state index is 12.2. The standard InChI is InChI=1S/C9H17ClF3NO/c1-8(3-6-15-2)14(5-4-10)7-9(11,12)13/h8H,3-7H2,1-2H3. The van der Waals surface area contributed by atoms with Gasteiger partial charge in [-0.25, -0.2) is 0 Å². The molecule has 92 valence electrons. The average Bonchev–Trinajstić information content (AvgIpc) is 2.11. The summed E-state index contributed by atoms with van der Waals surface area (Å²) in [5, 5.41) is 0. The Labute approximate surface area is 93.3 Å². The van der Waals surface area contributed by atoms with E-state index in [0.29, 0.717) is 13.0 Å². The zero-order chi connectivity index (χ0) is 11.9. The number of halogens is 4. The van der Waals surface area contributed by atoms with E-state index in [1.165, 1.54) is 12.0 Å². The molecule has 0 saturated heterocycles. The second-order valence-electron chi connectivity index (χ2n) is 3.41. The topological polar surface area (TPSA) is 12.5 Å². The van der Waals surface area contributed by atoms with Crippen molar-refractivity contribution in [3.8, 4) is 0 Å². The Hall–Kier alpha value is -0.0000000000000000555. The number of ether oxygens (including phenoxy) is 1. The molecule has 0 fully saturated rings. The van der Waals surface area contributed by atoms with Gasteiger partial charge in [0.05, 0.1) is 6.54 Å². The molecule has 1 unspecified atom stereocenters. The van der Waals surface area contributed by atoms with Crippen molar-refractivity contribution in [3.63, 3.8) is 0 Å². The van der Waals surface area contributed by atoms with Crippen LogP contribution < -0.4 is 0 Å². The lowest BCUT2D eigenvalue weighted by atomic mass is 10.2. The summed E-state index contributed by atoms with van der Waals surface area (Å²) >= 11 is 5.46. The highest BCUT2D eigenvalue weighted by Crippen LogP contribution is 2.18. The van der Waals surface area contributed by atoms with Gasteiger partial charge in [-0.3, -0.25) is 4.90 Å². The van der Waals surface area contributed by atoms with Crippen molar-refractivity contribution in [1.82, 2.24) is 4.90 Å². The number of nitrogens with zero attached hydrogens (tertiary/aromatic N) is 1. The van der Waals surface area contributed by atoms with Gasteiger partial charge in [-0.15, -0.1) is 11.6 Å². The van der Waals surface area contributed by atoms with Gasteiger partial charge in [0.15, 0.2) is 0 Å². The number of hydrogen-bond donors (Lipinski definition) is 0. The highest BCUT2D eigenvalue weighted by atomic mass is 35.5. The molecule has 0 spiro atoms. The smallest absolute Gasteiger partial charge is 0.385 e. The van der Waals surface area contributed by atoms with Gasteiger partial charge in [0.25, 0.3) is 0 Å². The molecular weight excluding hydrogens is 231 g/mol. The maximum Gasteiger partial charge on any atom is 0.401 e. The third-order valence-corrected chi connectivity index (χ3v) is 2.29. The maximum atomic E-state index is 12.2. The highest BCUT2D eigenvalue weighted by molar-refractivity contribution is 6.18. The minimum atomic E-state index is -4.17. The largest absolute Gasteiger partial charge is 0.401 e. The Morgan fingerprint density at radius 3 is 2.40 bits per heavy atom. The first-order valence-electron chi connectivity index (χ1n) is 4.76. The van der Waals surface area contributed by atoms with Gasteiger partial charge in [0.2, 0.25) is 0 Å². The third kappa shape index (κ3) is 7.88. The molecule has 0 amide bonds. The fraction of sp³-hybridized carbons (Fsp3) is 1.00. The molecule has 0 bridgehead atoms. The van der Waals surface area contributed by atoms with Crippen molar-refractivity contribution in [2.45, 2.75) is 25.6 Å². The lowest BCUT2D eigenvalue weighted by Crippen LogP contribution is -2.42. The van der Waals surface area contributed by atoms with Crippen LogP contribution in [0.15, 0.2) is 0 Å². The van der Waals surface area contributed by atoms with Crippen LogP contribution in [0, 0.1) is 0 Å². The van der Waals surface area contributed by atoms with Crippen molar-refractivity contribution in [2.24, 2.45) is 0 Å². The predicted molar refractivity (Wildman–Crippen MR) is 54.3 cm³/mol. The number of hydrogen-bond acceptors (Lipinski definition) is 2. The second-order valence-corrected chi connectivity index (χ2v) is 3.78. The number of alkyl halides is 4. The zero-order valence-electron chi connectivity index (χ0n) is 8.98. The summed E-state index contributed by atoms with van der Waals surface area (Å²) in [7, 11) is 1.53. The fourth-order valence-electron chi connectivity index (χ4n) is 1.27. The molecule has 0 aromatic heterocycles. The fourth-order valence-corrected chi connectivity index (χ4v) is 1.48. The van der Waals surface area contributed by atoms with Crippen LogP contribution in [0.25, 0.3) is 0 Å². The summed E-state index contributed by atoms with van der Waals surface area (Å²) < 4.78 is 41.4. The van der Waals surface area contributed by atoms with E-state index in [0.717, 1.165) is 0 Å². The summed E-state index contributed by atoms with van der Waals surface area (Å²) in [5.74, 6) is 0.202. The highest BCUT2D eigenvalue weighted by Gasteiger charge is 2.32. The molecule has 0 radical (unpaired) electrons. The van der Waals surface area contributed by atoms with Crippen LogP contribution in [0.4, 0.5) is 13.2 Å². The Bertz CT molecular complexity index is 166. The first-order chi connectivity index (χ1) is 6.90. The van der Waals surface area contributed by atoms with Crippen LogP contribution in [-0.2, 0) is 4.74 Å². The summed E-state index contributed by atoms with van der Waals surface area (Å²) in [6, 6.07) is -0.176. The summed E-state index contributed by atoms with van der Waals surface area (Å²) in [4.78, 5) is 1.33. The summed E-state index contributed by atoms with van der Waals surface area (Å²) in [5.41, 5.74) is 0. The van der Waals surface area contributed by atoms with Gasteiger partial charge >= 0.3 is 6.18 Å². The first kappa shape index (κ1) is 15.0. The summed E-state index contributed by atoms with van der Waals surface area (Å²) in [6.07, 6.45) is -3.60. The molecule has 0 heterocycles. The van der Waals surface area contributed by atoms with E-state index in [9.17, 15) is 13.2 Å². The lowest BCUT2D eigenvalue weighted by molar-refractivity contribution is -0.150. The monoisotopic (exact) mass is 247 g/mol. The van der Waals surface area contributed by atoms with Crippen LogP contribution in [0.3, 0.4) is 0 Å². The molecule has 0 saturated carbocycles. The number of rotatable bonds is 7. The van der Waals surface area contributed by atoms with E-state index in [1.54, 1.807) is 6.92 Å². The Morgan fingerprint density at radius 2 is 2.00 bits per heavy atom. The molecule has 0 N–H and O–H groups in total. The zero-order valence-corrected chi connectivity index (χ0v) is 9.74. The molecule has 1 atom stereocenters. The molecule has 0 aliphatic carbocycles. The predicted octanol–water partition coefficient (Wildman–Crippen LogP) is 2.51. The number of methoxy groups -OCH3 is 1. The second kappa shape index (κ2) is 7.30. The quantitative estimate of drug-likeness (QED) is 0.641. The van der Waals surface area contributed by atoms with Crippen molar-refractivity contribution in [2.75, 3.05) is 32.7 Å². The average molecular weight is 248 g/mol. The Morgan fingerprint density at radius 1 is 1.40 bits per heavy atom. The van der Waals surface area contributed by atoms with E-state index in [4.69, 9.17) is 16.3 Å². The van der Waals surface area contributed by atoms with Gasteiger partial charge in [0.1, 0.15) is 0 Å². The normalized spacial score (nSPS) is 14.6. The first-order valence-corrected chi connectivity index (χ1v) is 5.30. The third-order valence-electron chi connectivity index (χ3n) is 2.12. The van der Waals surface area contributed by atoms with Crippen LogP contribution in [0.2, 0.25) is 0 Å². The summed E-state index contributed by atoms with van der Waals surface area (Å²) in [6.45, 7) is 1.53. The van der Waals surface area contributed by atoms with Crippen molar-refractivity contribution >= 4 is 11.6 Å². The van der Waals surface area contributed by atoms with Gasteiger partial charge in [0, 0.05) is 32.2 Å². The molecule has 6 heteroatoms. The molecule has 0 aromatic carbocycles. The van der Waals surface area contributed by atoms with E-state index in [2.05, 4.69) is 0 Å². The Balaban J connectivity index is 4.12. The van der Waals surface area contributed by atoms with Gasteiger partial charge in [-0.1, -0.05) is 0 Å². The SMILES string of the molecule is COCCC(C)N(CCCl)CC(F)(F)F. The molecular formula is C9H17ClF3NO.